The molecule has 0 saturated heterocycles. The summed E-state index contributed by atoms with van der Waals surface area (Å²) in [5.74, 6) is 1.89. The molecular weight excluding hydrogens is 440 g/mol. The molecule has 0 unspecified atom stereocenters. The number of nitrogens with zero attached hydrogens (tertiary/aromatic N) is 4. The maximum Gasteiger partial charge on any atom is 0.233 e. The fourth-order valence-corrected chi connectivity index (χ4v) is 3.74. The van der Waals surface area contributed by atoms with Gasteiger partial charge in [-0.2, -0.15) is 0 Å². The van der Waals surface area contributed by atoms with Crippen molar-refractivity contribution >= 4 is 33.6 Å². The SMILES string of the molecule is COc1ccc(-c2nnc(SCC(=O)N(C)Cc3ccc(Br)cc3)n2C)cc1. The van der Waals surface area contributed by atoms with Crippen LogP contribution in [0, 0.1) is 0 Å². The summed E-state index contributed by atoms with van der Waals surface area (Å²) in [7, 11) is 5.35. The van der Waals surface area contributed by atoms with Crippen LogP contribution in [-0.2, 0) is 18.4 Å². The summed E-state index contributed by atoms with van der Waals surface area (Å²) in [6.07, 6.45) is 0. The van der Waals surface area contributed by atoms with Gasteiger partial charge in [0.25, 0.3) is 0 Å². The highest BCUT2D eigenvalue weighted by atomic mass is 79.9. The van der Waals surface area contributed by atoms with E-state index in [0.29, 0.717) is 17.5 Å². The maximum absolute atomic E-state index is 12.5. The minimum atomic E-state index is 0.0434. The zero-order chi connectivity index (χ0) is 20.1. The lowest BCUT2D eigenvalue weighted by atomic mass is 10.2. The van der Waals surface area contributed by atoms with Crippen molar-refractivity contribution in [1.82, 2.24) is 19.7 Å². The van der Waals surface area contributed by atoms with Crippen LogP contribution in [0.25, 0.3) is 11.4 Å². The number of methoxy groups -OCH3 is 1. The van der Waals surface area contributed by atoms with Crippen LogP contribution >= 0.6 is 27.7 Å². The van der Waals surface area contributed by atoms with Gasteiger partial charge in [0.15, 0.2) is 11.0 Å². The number of benzene rings is 2. The van der Waals surface area contributed by atoms with Crippen LogP contribution in [0.3, 0.4) is 0 Å². The van der Waals surface area contributed by atoms with Gasteiger partial charge in [0, 0.05) is 30.7 Å². The van der Waals surface area contributed by atoms with Crippen LogP contribution in [0.1, 0.15) is 5.56 Å². The lowest BCUT2D eigenvalue weighted by Gasteiger charge is -2.17. The Morgan fingerprint density at radius 2 is 1.82 bits per heavy atom. The summed E-state index contributed by atoms with van der Waals surface area (Å²) in [4.78, 5) is 14.2. The van der Waals surface area contributed by atoms with Gasteiger partial charge in [-0.25, -0.2) is 0 Å². The average Bonchev–Trinajstić information content (AvgIpc) is 3.08. The van der Waals surface area contributed by atoms with Crippen LogP contribution in [0.5, 0.6) is 5.75 Å². The zero-order valence-electron chi connectivity index (χ0n) is 15.9. The van der Waals surface area contributed by atoms with Crippen LogP contribution in [-0.4, -0.2) is 45.5 Å². The van der Waals surface area contributed by atoms with Crippen molar-refractivity contribution in [3.05, 3.63) is 58.6 Å². The first-order valence-electron chi connectivity index (χ1n) is 8.63. The summed E-state index contributed by atoms with van der Waals surface area (Å²) in [5, 5.41) is 9.20. The monoisotopic (exact) mass is 460 g/mol. The number of thioether (sulfide) groups is 1. The highest BCUT2D eigenvalue weighted by Crippen LogP contribution is 2.24. The van der Waals surface area contributed by atoms with Crippen molar-refractivity contribution in [3.63, 3.8) is 0 Å². The molecule has 0 fully saturated rings. The molecule has 0 radical (unpaired) electrons. The van der Waals surface area contributed by atoms with Gasteiger partial charge in [-0.05, 0) is 42.0 Å². The average molecular weight is 461 g/mol. The molecule has 146 valence electrons. The predicted molar refractivity (Wildman–Crippen MR) is 114 cm³/mol. The molecule has 28 heavy (non-hydrogen) atoms. The first kappa shape index (κ1) is 20.4. The minimum Gasteiger partial charge on any atom is -0.497 e. The molecule has 1 amide bonds. The molecule has 3 aromatic rings. The number of aromatic nitrogens is 3. The Hall–Kier alpha value is -2.32. The van der Waals surface area contributed by atoms with Crippen molar-refractivity contribution in [2.75, 3.05) is 19.9 Å². The molecule has 0 atom stereocenters. The Kier molecular flexibility index (Phi) is 6.74. The van der Waals surface area contributed by atoms with Crippen LogP contribution in [0.15, 0.2) is 58.2 Å². The molecule has 6 nitrogen and oxygen atoms in total. The molecular formula is C20H21BrN4O2S. The molecule has 2 aromatic carbocycles. The van der Waals surface area contributed by atoms with Crippen LogP contribution in [0.2, 0.25) is 0 Å². The number of ether oxygens (including phenoxy) is 1. The first-order chi connectivity index (χ1) is 13.5. The molecule has 0 spiro atoms. The number of rotatable bonds is 7. The second-order valence-electron chi connectivity index (χ2n) is 6.26. The third-order valence-corrected chi connectivity index (χ3v) is 5.80. The van der Waals surface area contributed by atoms with E-state index in [2.05, 4.69) is 26.1 Å². The molecule has 0 bridgehead atoms. The highest BCUT2D eigenvalue weighted by molar-refractivity contribution is 9.10. The van der Waals surface area contributed by atoms with Gasteiger partial charge in [0.2, 0.25) is 5.91 Å². The quantitative estimate of drug-likeness (QED) is 0.498. The van der Waals surface area contributed by atoms with E-state index in [4.69, 9.17) is 4.74 Å². The summed E-state index contributed by atoms with van der Waals surface area (Å²) in [6.45, 7) is 0.572. The summed E-state index contributed by atoms with van der Waals surface area (Å²) >= 11 is 4.80. The van der Waals surface area contributed by atoms with Gasteiger partial charge in [0.1, 0.15) is 5.75 Å². The lowest BCUT2D eigenvalue weighted by molar-refractivity contribution is -0.127. The molecule has 8 heteroatoms. The van der Waals surface area contributed by atoms with E-state index < -0.39 is 0 Å². The van der Waals surface area contributed by atoms with Gasteiger partial charge >= 0.3 is 0 Å². The normalized spacial score (nSPS) is 10.7. The summed E-state index contributed by atoms with van der Waals surface area (Å²) in [6, 6.07) is 15.6. The van der Waals surface area contributed by atoms with Crippen molar-refractivity contribution < 1.29 is 9.53 Å². The van der Waals surface area contributed by atoms with Gasteiger partial charge in [-0.3, -0.25) is 4.79 Å². The number of carbonyl (C=O) groups excluding carboxylic acids is 1. The third-order valence-electron chi connectivity index (χ3n) is 4.27. The van der Waals surface area contributed by atoms with Crippen molar-refractivity contribution in [2.45, 2.75) is 11.7 Å². The van der Waals surface area contributed by atoms with Crippen molar-refractivity contribution in [3.8, 4) is 17.1 Å². The Morgan fingerprint density at radius 3 is 2.46 bits per heavy atom. The van der Waals surface area contributed by atoms with Gasteiger partial charge in [-0.1, -0.05) is 39.8 Å². The second-order valence-corrected chi connectivity index (χ2v) is 8.12. The standard InChI is InChI=1S/C20H21BrN4O2S/c1-24(12-14-4-8-16(21)9-5-14)18(26)13-28-20-23-22-19(25(20)2)15-6-10-17(27-3)11-7-15/h4-11H,12-13H2,1-3H3. The van der Waals surface area contributed by atoms with E-state index >= 15 is 0 Å². The molecule has 1 heterocycles. The van der Waals surface area contributed by atoms with Gasteiger partial charge in [-0.15, -0.1) is 10.2 Å². The van der Waals surface area contributed by atoms with E-state index in [9.17, 15) is 4.79 Å². The number of hydrogen-bond acceptors (Lipinski definition) is 5. The van der Waals surface area contributed by atoms with Gasteiger partial charge < -0.3 is 14.2 Å². The van der Waals surface area contributed by atoms with E-state index in [1.54, 1.807) is 12.0 Å². The van der Waals surface area contributed by atoms with Crippen LogP contribution in [0.4, 0.5) is 0 Å². The van der Waals surface area contributed by atoms with E-state index in [-0.39, 0.29) is 5.91 Å². The second kappa shape index (κ2) is 9.25. The van der Waals surface area contributed by atoms with Crippen molar-refractivity contribution in [1.29, 1.82) is 0 Å². The highest BCUT2D eigenvalue weighted by Gasteiger charge is 2.15. The third kappa shape index (κ3) is 4.94. The number of carbonyl (C=O) groups is 1. The maximum atomic E-state index is 12.5. The van der Waals surface area contributed by atoms with E-state index in [0.717, 1.165) is 27.2 Å². The van der Waals surface area contributed by atoms with E-state index in [1.807, 2.05) is 67.2 Å². The Balaban J connectivity index is 1.60. The largest absolute Gasteiger partial charge is 0.497 e. The Labute approximate surface area is 177 Å². The summed E-state index contributed by atoms with van der Waals surface area (Å²) in [5.41, 5.74) is 2.03. The number of hydrogen-bond donors (Lipinski definition) is 0. The smallest absolute Gasteiger partial charge is 0.233 e. The fourth-order valence-electron chi connectivity index (χ4n) is 2.62. The molecule has 0 aliphatic rings. The molecule has 1 aromatic heterocycles. The van der Waals surface area contributed by atoms with E-state index in [1.165, 1.54) is 11.8 Å². The Morgan fingerprint density at radius 1 is 1.14 bits per heavy atom. The van der Waals surface area contributed by atoms with Crippen LogP contribution < -0.4 is 4.74 Å². The first-order valence-corrected chi connectivity index (χ1v) is 10.4. The predicted octanol–water partition coefficient (Wildman–Crippen LogP) is 4.00. The summed E-state index contributed by atoms with van der Waals surface area (Å²) < 4.78 is 8.11. The fraction of sp³-hybridized carbons (Fsp3) is 0.250. The lowest BCUT2D eigenvalue weighted by Crippen LogP contribution is -2.27. The number of amides is 1. The topological polar surface area (TPSA) is 60.3 Å². The number of halogens is 1. The molecule has 3 rings (SSSR count). The molecule has 0 saturated carbocycles. The molecule has 0 aliphatic heterocycles. The Bertz CT molecular complexity index is 942. The minimum absolute atomic E-state index is 0.0434. The molecule has 0 aliphatic carbocycles. The van der Waals surface area contributed by atoms with Crippen molar-refractivity contribution in [2.24, 2.45) is 7.05 Å². The zero-order valence-corrected chi connectivity index (χ0v) is 18.3. The van der Waals surface area contributed by atoms with Gasteiger partial charge in [0.05, 0.1) is 12.9 Å². The molecule has 0 N–H and O–H groups in total.